The van der Waals surface area contributed by atoms with E-state index in [1.54, 1.807) is 37.4 Å². The summed E-state index contributed by atoms with van der Waals surface area (Å²) in [5.41, 5.74) is 1.91. The molecule has 3 heterocycles. The summed E-state index contributed by atoms with van der Waals surface area (Å²) in [6.07, 6.45) is 4.01. The first-order valence-electron chi connectivity index (χ1n) is 11.9. The van der Waals surface area contributed by atoms with Crippen molar-refractivity contribution in [3.8, 4) is 5.75 Å². The Balaban J connectivity index is 1.52. The number of piperidine rings is 1. The summed E-state index contributed by atoms with van der Waals surface area (Å²) >= 11 is 0. The number of carbonyl (C=O) groups excluding carboxylic acids is 1. The van der Waals surface area contributed by atoms with Crippen LogP contribution in [0.1, 0.15) is 19.3 Å². The van der Waals surface area contributed by atoms with E-state index in [9.17, 15) is 19.3 Å². The van der Waals surface area contributed by atoms with Crippen molar-refractivity contribution in [2.45, 2.75) is 19.3 Å². The maximum atomic E-state index is 14.9. The number of benzene rings is 2. The number of aromatic nitrogens is 2. The normalized spacial score (nSPS) is 15.4. The molecule has 0 saturated carbocycles. The summed E-state index contributed by atoms with van der Waals surface area (Å²) < 4.78 is 20.5. The number of carbonyl (C=O) groups is 1. The highest BCUT2D eigenvalue weighted by Crippen LogP contribution is 2.41. The number of hydrogen-bond donors (Lipinski definition) is 1. The quantitative estimate of drug-likeness (QED) is 0.383. The van der Waals surface area contributed by atoms with Gasteiger partial charge in [0.25, 0.3) is 5.69 Å². The van der Waals surface area contributed by atoms with Crippen LogP contribution >= 0.6 is 0 Å². The molecule has 5 rings (SSSR count). The van der Waals surface area contributed by atoms with Gasteiger partial charge in [-0.1, -0.05) is 12.1 Å². The number of fused-ring (bicyclic) bond motifs is 1. The lowest BCUT2D eigenvalue weighted by molar-refractivity contribution is -0.384. The highest BCUT2D eigenvalue weighted by molar-refractivity contribution is 6.04. The van der Waals surface area contributed by atoms with Gasteiger partial charge in [-0.2, -0.15) is 4.98 Å². The second-order valence-corrected chi connectivity index (χ2v) is 8.86. The molecule has 1 aromatic heterocycles. The van der Waals surface area contributed by atoms with E-state index in [2.05, 4.69) is 15.3 Å². The van der Waals surface area contributed by atoms with Crippen LogP contribution in [0.3, 0.4) is 0 Å². The van der Waals surface area contributed by atoms with Crippen molar-refractivity contribution in [2.24, 2.45) is 0 Å². The fourth-order valence-electron chi connectivity index (χ4n) is 4.71. The summed E-state index contributed by atoms with van der Waals surface area (Å²) in [5, 5.41) is 14.9. The molecule has 37 heavy (non-hydrogen) atoms. The number of anilines is 6. The number of nitrogens with zero attached hydrogens (tertiary/aromatic N) is 6. The number of nitrogens with one attached hydrogen (secondary N) is 1. The molecule has 2 aromatic carbocycles. The maximum absolute atomic E-state index is 14.9. The second-order valence-electron chi connectivity index (χ2n) is 8.86. The van der Waals surface area contributed by atoms with Crippen LogP contribution in [0.5, 0.6) is 5.75 Å². The zero-order valence-corrected chi connectivity index (χ0v) is 20.5. The molecular weight excluding hydrogens is 481 g/mol. The number of methoxy groups -OCH3 is 1. The number of amides is 1. The zero-order chi connectivity index (χ0) is 26.1. The Hall–Kier alpha value is -4.48. The minimum atomic E-state index is -0.712. The summed E-state index contributed by atoms with van der Waals surface area (Å²) in [4.78, 5) is 37.4. The van der Waals surface area contributed by atoms with Gasteiger partial charge in [-0.05, 0) is 31.4 Å². The lowest BCUT2D eigenvalue weighted by Crippen LogP contribution is -2.42. The Bertz CT molecular complexity index is 1360. The van der Waals surface area contributed by atoms with Crippen LogP contribution in [0.4, 0.5) is 44.6 Å². The first-order valence-corrected chi connectivity index (χ1v) is 11.9. The molecule has 2 aliphatic rings. The van der Waals surface area contributed by atoms with Gasteiger partial charge >= 0.3 is 0 Å². The average Bonchev–Trinajstić information content (AvgIpc) is 2.92. The smallest absolute Gasteiger partial charge is 0.294 e. The number of halogens is 1. The van der Waals surface area contributed by atoms with E-state index in [0.717, 1.165) is 38.5 Å². The molecule has 1 N–H and O–H groups in total. The first-order chi connectivity index (χ1) is 17.9. The Morgan fingerprint density at radius 1 is 1.11 bits per heavy atom. The summed E-state index contributed by atoms with van der Waals surface area (Å²) in [6.45, 7) is 1.35. The minimum absolute atomic E-state index is 0.00132. The predicted octanol–water partition coefficient (Wildman–Crippen LogP) is 4.38. The zero-order valence-electron chi connectivity index (χ0n) is 20.5. The summed E-state index contributed by atoms with van der Waals surface area (Å²) in [7, 11) is 3.13. The highest BCUT2D eigenvalue weighted by Gasteiger charge is 2.30. The van der Waals surface area contributed by atoms with Gasteiger partial charge in [0.15, 0.2) is 11.6 Å². The lowest BCUT2D eigenvalue weighted by atomic mass is 10.1. The van der Waals surface area contributed by atoms with Crippen LogP contribution in [0.2, 0.25) is 0 Å². The van der Waals surface area contributed by atoms with E-state index in [0.29, 0.717) is 22.8 Å². The Morgan fingerprint density at radius 3 is 2.54 bits per heavy atom. The van der Waals surface area contributed by atoms with E-state index in [-0.39, 0.29) is 35.6 Å². The molecular formula is C25H26FN7O4. The number of rotatable bonds is 6. The van der Waals surface area contributed by atoms with Gasteiger partial charge in [0.1, 0.15) is 18.0 Å². The van der Waals surface area contributed by atoms with Crippen molar-refractivity contribution >= 4 is 46.1 Å². The number of likely N-dealkylation sites (N-methyl/N-ethyl adjacent to an activating group) is 1. The third-order valence-corrected chi connectivity index (χ3v) is 6.62. The van der Waals surface area contributed by atoms with Gasteiger partial charge in [0.2, 0.25) is 11.9 Å². The second kappa shape index (κ2) is 9.88. The monoisotopic (exact) mass is 507 g/mol. The average molecular weight is 508 g/mol. The molecule has 3 aromatic rings. The molecule has 11 nitrogen and oxygen atoms in total. The third-order valence-electron chi connectivity index (χ3n) is 6.62. The summed E-state index contributed by atoms with van der Waals surface area (Å²) in [5.74, 6) is -0.669. The van der Waals surface area contributed by atoms with Crippen molar-refractivity contribution in [3.63, 3.8) is 0 Å². The van der Waals surface area contributed by atoms with E-state index >= 15 is 0 Å². The maximum Gasteiger partial charge on any atom is 0.294 e. The van der Waals surface area contributed by atoms with Crippen molar-refractivity contribution in [3.05, 3.63) is 58.5 Å². The van der Waals surface area contributed by atoms with Gasteiger partial charge in [-0.3, -0.25) is 14.9 Å². The molecule has 2 aliphatic heterocycles. The SMILES string of the molecule is COc1cc(N2CCCCC2)c([N+](=O)[O-])cc1Nc1ncc(F)c(N2CC(=O)N(C)c3ccccc32)n1. The lowest BCUT2D eigenvalue weighted by Gasteiger charge is -2.34. The molecule has 0 spiro atoms. The largest absolute Gasteiger partial charge is 0.494 e. The Labute approximate surface area is 212 Å². The summed E-state index contributed by atoms with van der Waals surface area (Å²) in [6, 6.07) is 10.1. The highest BCUT2D eigenvalue weighted by atomic mass is 19.1. The molecule has 1 fully saturated rings. The number of para-hydroxylation sites is 2. The van der Waals surface area contributed by atoms with E-state index < -0.39 is 10.7 Å². The molecule has 192 valence electrons. The van der Waals surface area contributed by atoms with Gasteiger partial charge < -0.3 is 24.8 Å². The Kier molecular flexibility index (Phi) is 6.47. The number of ether oxygens (including phenoxy) is 1. The van der Waals surface area contributed by atoms with Gasteiger partial charge in [0.05, 0.1) is 35.3 Å². The van der Waals surface area contributed by atoms with Crippen molar-refractivity contribution in [2.75, 3.05) is 53.8 Å². The van der Waals surface area contributed by atoms with Crippen LogP contribution in [0.15, 0.2) is 42.6 Å². The van der Waals surface area contributed by atoms with Crippen LogP contribution in [0, 0.1) is 15.9 Å². The van der Waals surface area contributed by atoms with Crippen molar-refractivity contribution in [1.82, 2.24) is 9.97 Å². The fraction of sp³-hybridized carbons (Fsp3) is 0.320. The van der Waals surface area contributed by atoms with E-state index in [1.807, 2.05) is 4.90 Å². The standard InChI is InChI=1S/C25H26FN7O4/c1-30-18-8-4-5-9-19(18)32(15-23(30)34)24-16(26)14-27-25(29-24)28-17-12-21(33(35)36)20(13-22(17)37-2)31-10-6-3-7-11-31/h4-5,8-9,12-14H,3,6-7,10-11,15H2,1-2H3,(H,27,28,29). The molecule has 0 unspecified atom stereocenters. The predicted molar refractivity (Wildman–Crippen MR) is 138 cm³/mol. The molecule has 1 amide bonds. The van der Waals surface area contributed by atoms with Gasteiger partial charge in [-0.15, -0.1) is 0 Å². The molecule has 1 saturated heterocycles. The number of nitro groups is 1. The fourth-order valence-corrected chi connectivity index (χ4v) is 4.71. The molecule has 0 atom stereocenters. The Morgan fingerprint density at radius 2 is 1.84 bits per heavy atom. The van der Waals surface area contributed by atoms with Crippen LogP contribution < -0.4 is 24.8 Å². The van der Waals surface area contributed by atoms with Crippen molar-refractivity contribution < 1.29 is 18.8 Å². The molecule has 0 bridgehead atoms. The van der Waals surface area contributed by atoms with Crippen LogP contribution in [-0.2, 0) is 4.79 Å². The van der Waals surface area contributed by atoms with Gasteiger partial charge in [-0.25, -0.2) is 9.37 Å². The third kappa shape index (κ3) is 4.57. The molecule has 12 heteroatoms. The van der Waals surface area contributed by atoms with E-state index in [1.165, 1.54) is 23.0 Å². The molecule has 0 radical (unpaired) electrons. The number of nitro benzene ring substituents is 1. The van der Waals surface area contributed by atoms with Crippen LogP contribution in [-0.4, -0.2) is 54.6 Å². The topological polar surface area (TPSA) is 117 Å². The molecule has 0 aliphatic carbocycles. The van der Waals surface area contributed by atoms with Crippen LogP contribution in [0.25, 0.3) is 0 Å². The van der Waals surface area contributed by atoms with E-state index in [4.69, 9.17) is 4.74 Å². The minimum Gasteiger partial charge on any atom is -0.494 e. The van der Waals surface area contributed by atoms with Crippen molar-refractivity contribution in [1.29, 1.82) is 0 Å². The first kappa shape index (κ1) is 24.2. The van der Waals surface area contributed by atoms with Gasteiger partial charge in [0, 0.05) is 32.3 Å². The number of hydrogen-bond acceptors (Lipinski definition) is 9.